The summed E-state index contributed by atoms with van der Waals surface area (Å²) in [5.41, 5.74) is 1.69. The van der Waals surface area contributed by atoms with Gasteiger partial charge in [-0.05, 0) is 73.8 Å². The summed E-state index contributed by atoms with van der Waals surface area (Å²) in [7, 11) is 0. The van der Waals surface area contributed by atoms with Gasteiger partial charge in [-0.15, -0.1) is 0 Å². The minimum Gasteiger partial charge on any atom is -0.478 e. The predicted octanol–water partition coefficient (Wildman–Crippen LogP) is 7.95. The maximum Gasteiger partial charge on any atom is 0.337 e. The second-order valence-corrected chi connectivity index (χ2v) is 15.3. The van der Waals surface area contributed by atoms with Crippen molar-refractivity contribution < 1.29 is 33.1 Å². The van der Waals surface area contributed by atoms with Gasteiger partial charge >= 0.3 is 5.97 Å². The van der Waals surface area contributed by atoms with Crippen molar-refractivity contribution in [3.8, 4) is 22.6 Å². The molecule has 4 N–H and O–H groups in total. The number of carbonyl (C=O) groups is 4. The van der Waals surface area contributed by atoms with E-state index in [-0.39, 0.29) is 28.3 Å². The van der Waals surface area contributed by atoms with E-state index in [0.717, 1.165) is 37.0 Å². The molecule has 2 aliphatic rings. The summed E-state index contributed by atoms with van der Waals surface area (Å²) >= 11 is 24.4. The number of carboxylic acids is 1. The third-order valence-electron chi connectivity index (χ3n) is 7.67. The summed E-state index contributed by atoms with van der Waals surface area (Å²) in [5, 5.41) is 17.6. The first-order valence-electron chi connectivity index (χ1n) is 15.9. The Labute approximate surface area is 333 Å². The summed E-state index contributed by atoms with van der Waals surface area (Å²) in [4.78, 5) is 50.3. The van der Waals surface area contributed by atoms with Crippen molar-refractivity contribution in [2.75, 3.05) is 26.2 Å². The second kappa shape index (κ2) is 18.2. The molecule has 0 aliphatic carbocycles. The number of halogens is 2. The molecule has 2 fully saturated rings. The summed E-state index contributed by atoms with van der Waals surface area (Å²) < 4.78 is 12.3. The van der Waals surface area contributed by atoms with Crippen molar-refractivity contribution in [1.29, 1.82) is 0 Å². The van der Waals surface area contributed by atoms with E-state index >= 15 is 0 Å². The number of hydrogen-bond acceptors (Lipinski definition) is 11. The molecule has 53 heavy (non-hydrogen) atoms. The van der Waals surface area contributed by atoms with Crippen LogP contribution in [0.4, 0.5) is 0 Å². The molecule has 0 spiro atoms. The number of hydrogen-bond donors (Lipinski definition) is 4. The fourth-order valence-corrected chi connectivity index (χ4v) is 7.38. The third kappa shape index (κ3) is 10.5. The van der Waals surface area contributed by atoms with Gasteiger partial charge in [0.05, 0.1) is 31.0 Å². The summed E-state index contributed by atoms with van der Waals surface area (Å²) in [6.45, 7) is 7.37. The highest BCUT2D eigenvalue weighted by molar-refractivity contribution is 8.27. The quantitative estimate of drug-likeness (QED) is 0.0857. The number of carboxylic acid groups (broad SMARTS) is 1. The molecule has 3 amide bonds. The first kappa shape index (κ1) is 40.0. The molecule has 2 saturated heterocycles. The molecule has 4 aromatic rings. The molecule has 0 saturated carbocycles. The van der Waals surface area contributed by atoms with Crippen LogP contribution in [0.5, 0.6) is 0 Å². The predicted molar refractivity (Wildman–Crippen MR) is 218 cm³/mol. The molecule has 17 heteroatoms. The minimum absolute atomic E-state index is 0.00320. The van der Waals surface area contributed by atoms with E-state index in [1.54, 1.807) is 60.7 Å². The van der Waals surface area contributed by atoms with Crippen LogP contribution in [0.15, 0.2) is 79.3 Å². The zero-order valence-electron chi connectivity index (χ0n) is 28.0. The van der Waals surface area contributed by atoms with Crippen molar-refractivity contribution >= 4 is 116 Å². The van der Waals surface area contributed by atoms with E-state index in [1.807, 2.05) is 0 Å². The molecule has 0 radical (unpaired) electrons. The number of nitrogens with zero attached hydrogens (tertiary/aromatic N) is 1. The number of likely N-dealkylation sites (N-methyl/N-ethyl adjacent to an activating group) is 1. The fourth-order valence-electron chi connectivity index (χ4n) is 4.93. The number of thiocarbonyl (C=S) groups is 2. The zero-order chi connectivity index (χ0) is 38.2. The fraction of sp³-hybridized carbons (Fsp3) is 0.167. The van der Waals surface area contributed by atoms with E-state index in [9.17, 15) is 19.2 Å². The Kier molecular flexibility index (Phi) is 13.7. The number of aromatic carboxylic acids is 1. The molecule has 0 unspecified atom stereocenters. The van der Waals surface area contributed by atoms with Crippen LogP contribution in [-0.4, -0.2) is 68.5 Å². The first-order valence-corrected chi connectivity index (χ1v) is 19.1. The van der Waals surface area contributed by atoms with E-state index in [0.29, 0.717) is 64.2 Å². The van der Waals surface area contributed by atoms with Gasteiger partial charge in [0, 0.05) is 36.4 Å². The van der Waals surface area contributed by atoms with Crippen molar-refractivity contribution in [2.45, 2.75) is 13.8 Å². The van der Waals surface area contributed by atoms with Crippen molar-refractivity contribution in [1.82, 2.24) is 20.9 Å². The van der Waals surface area contributed by atoms with Crippen molar-refractivity contribution in [3.63, 3.8) is 0 Å². The van der Waals surface area contributed by atoms with Gasteiger partial charge in [-0.3, -0.25) is 14.4 Å². The van der Waals surface area contributed by atoms with Gasteiger partial charge in [0.2, 0.25) is 0 Å². The van der Waals surface area contributed by atoms with E-state index in [4.69, 9.17) is 61.6 Å². The van der Waals surface area contributed by atoms with Crippen LogP contribution in [0, 0.1) is 0 Å². The first-order chi connectivity index (χ1) is 25.3. The number of nitrogens with one attached hydrogen (secondary N) is 3. The number of amides is 3. The molecule has 274 valence electrons. The van der Waals surface area contributed by atoms with Crippen molar-refractivity contribution in [2.24, 2.45) is 0 Å². The summed E-state index contributed by atoms with van der Waals surface area (Å²) in [6.07, 6.45) is 3.22. The lowest BCUT2D eigenvalue weighted by Crippen LogP contribution is -2.34. The Morgan fingerprint density at radius 3 is 1.70 bits per heavy atom. The second-order valence-electron chi connectivity index (χ2n) is 11.1. The molecule has 2 aliphatic heterocycles. The maximum atomic E-state index is 12.6. The average Bonchev–Trinajstić information content (AvgIpc) is 3.92. The van der Waals surface area contributed by atoms with Crippen LogP contribution in [-0.2, 0) is 9.59 Å². The number of rotatable bonds is 11. The number of carbonyl (C=O) groups excluding carboxylic acids is 3. The van der Waals surface area contributed by atoms with Gasteiger partial charge < -0.3 is 34.8 Å². The van der Waals surface area contributed by atoms with E-state index in [1.165, 1.54) is 23.9 Å². The van der Waals surface area contributed by atoms with Gasteiger partial charge in [-0.2, -0.15) is 0 Å². The molecule has 6 rings (SSSR count). The van der Waals surface area contributed by atoms with Crippen LogP contribution < -0.4 is 16.0 Å². The smallest absolute Gasteiger partial charge is 0.337 e. The van der Waals surface area contributed by atoms with Crippen LogP contribution in [0.1, 0.15) is 46.1 Å². The van der Waals surface area contributed by atoms with Crippen molar-refractivity contribution in [3.05, 3.63) is 103 Å². The van der Waals surface area contributed by atoms with Gasteiger partial charge in [0.15, 0.2) is 0 Å². The highest BCUT2D eigenvalue weighted by Crippen LogP contribution is 2.32. The molecular weight excluding hydrogens is 800 g/mol. The lowest BCUT2D eigenvalue weighted by atomic mass is 10.1. The van der Waals surface area contributed by atoms with Crippen LogP contribution in [0.2, 0.25) is 10.0 Å². The third-order valence-corrected chi connectivity index (χ3v) is 10.7. The number of benzene rings is 2. The minimum atomic E-state index is -1.11. The van der Waals surface area contributed by atoms with Gasteiger partial charge in [0.25, 0.3) is 17.7 Å². The molecule has 11 nitrogen and oxygen atoms in total. The SMILES string of the molecule is CCN(CC)CCNC(=O)c1cc(-c2ccc(/C=C3\SC(=S)NC3=O)o2)ccc1Cl.O=C1NC(=S)S/C1=C\c1ccc(-c2ccc(Cl)c(C(=O)O)c2)o1. The molecular formula is C36H30Cl2N4O7S4. The molecule has 0 atom stereocenters. The topological polar surface area (TPSA) is 154 Å². The van der Waals surface area contributed by atoms with Gasteiger partial charge in [-0.1, -0.05) is 85.0 Å². The Morgan fingerprint density at radius 1 is 0.792 bits per heavy atom. The molecule has 4 heterocycles. The molecule has 2 aromatic heterocycles. The van der Waals surface area contributed by atoms with E-state index in [2.05, 4.69) is 34.7 Å². The highest BCUT2D eigenvalue weighted by atomic mass is 35.5. The van der Waals surface area contributed by atoms with E-state index < -0.39 is 5.97 Å². The van der Waals surface area contributed by atoms with Crippen LogP contribution >= 0.6 is 71.2 Å². The van der Waals surface area contributed by atoms with Crippen LogP contribution in [0.3, 0.4) is 0 Å². The Balaban J connectivity index is 0.000000211. The normalized spacial score (nSPS) is 15.5. The number of furan rings is 2. The zero-order valence-corrected chi connectivity index (χ0v) is 32.8. The molecule has 0 bridgehead atoms. The lowest BCUT2D eigenvalue weighted by Gasteiger charge is -2.18. The highest BCUT2D eigenvalue weighted by Gasteiger charge is 2.24. The Morgan fingerprint density at radius 2 is 1.26 bits per heavy atom. The monoisotopic (exact) mass is 828 g/mol. The average molecular weight is 830 g/mol. The lowest BCUT2D eigenvalue weighted by molar-refractivity contribution is -0.116. The van der Waals surface area contributed by atoms with Gasteiger partial charge in [0.1, 0.15) is 31.7 Å². The summed E-state index contributed by atoms with van der Waals surface area (Å²) in [5.74, 6) is 0.190. The maximum absolute atomic E-state index is 12.6. The standard InChI is InChI=1S/C21H22ClN3O3S2.C15H8ClNO4S2/c1-3-25(4-2)10-9-23-19(26)15-11-13(5-7-16(15)22)17-8-6-14(28-17)12-18-20(27)24-21(29)30-18;16-10-3-1-7(5-9(10)14(19)20)11-4-2-8(21-11)6-12-13(18)17-15(22)23-12/h5-8,11-12H,3-4,9-10H2,1-2H3,(H,23,26)(H,24,27,29);1-6H,(H,19,20)(H,17,18,22)/b18-12-;12-6-. The van der Waals surface area contributed by atoms with Gasteiger partial charge in [-0.25, -0.2) is 4.79 Å². The Bertz CT molecular complexity index is 2180. The molecule has 2 aromatic carbocycles. The Hall–Kier alpha value is -4.22. The largest absolute Gasteiger partial charge is 0.478 e. The number of thioether (sulfide) groups is 2. The summed E-state index contributed by atoms with van der Waals surface area (Å²) in [6, 6.07) is 16.7. The van der Waals surface area contributed by atoms with Crippen LogP contribution in [0.25, 0.3) is 34.8 Å².